The van der Waals surface area contributed by atoms with Crippen molar-refractivity contribution in [2.45, 2.75) is 46.1 Å². The lowest BCUT2D eigenvalue weighted by molar-refractivity contribution is 0.136. The third kappa shape index (κ3) is 4.65. The van der Waals surface area contributed by atoms with Crippen molar-refractivity contribution in [2.75, 3.05) is 6.61 Å². The number of carbonyl (C=O) groups is 1. The largest absolute Gasteiger partial charge is 0.450 e. The van der Waals surface area contributed by atoms with Crippen molar-refractivity contribution in [1.82, 2.24) is 15.3 Å². The zero-order valence-corrected chi connectivity index (χ0v) is 14.1. The molecule has 2 aromatic rings. The standard InChI is InChI=1S/C18H25N3O2/c1-4-6-11-23-18(22)21-17(13(3)5-2)16-12-19-14-9-7-8-10-15(14)20-16/h7-10,12-13,17H,4-6,11H2,1-3H3,(H,21,22)/t13-,17-/m0/s1. The van der Waals surface area contributed by atoms with E-state index in [2.05, 4.69) is 36.1 Å². The van der Waals surface area contributed by atoms with Gasteiger partial charge in [0.05, 0.1) is 35.6 Å². The van der Waals surface area contributed by atoms with Gasteiger partial charge in [-0.1, -0.05) is 45.7 Å². The number of amides is 1. The van der Waals surface area contributed by atoms with Gasteiger partial charge < -0.3 is 10.1 Å². The molecule has 0 fully saturated rings. The molecule has 0 aliphatic carbocycles. The molecule has 5 heteroatoms. The van der Waals surface area contributed by atoms with Crippen LogP contribution in [0.1, 0.15) is 51.8 Å². The monoisotopic (exact) mass is 315 g/mol. The second-order valence-corrected chi connectivity index (χ2v) is 5.78. The van der Waals surface area contributed by atoms with Crippen LogP contribution < -0.4 is 5.32 Å². The fourth-order valence-electron chi connectivity index (χ4n) is 2.34. The predicted molar refractivity (Wildman–Crippen MR) is 91.1 cm³/mol. The summed E-state index contributed by atoms with van der Waals surface area (Å²) in [6.07, 6.45) is 4.15. The number of hydrogen-bond acceptors (Lipinski definition) is 4. The van der Waals surface area contributed by atoms with Gasteiger partial charge in [0.25, 0.3) is 0 Å². The molecule has 0 radical (unpaired) electrons. The molecule has 0 aliphatic rings. The van der Waals surface area contributed by atoms with E-state index in [4.69, 9.17) is 4.74 Å². The van der Waals surface area contributed by atoms with Crippen LogP contribution in [0.4, 0.5) is 4.79 Å². The lowest BCUT2D eigenvalue weighted by Crippen LogP contribution is -2.33. The van der Waals surface area contributed by atoms with Crippen molar-refractivity contribution in [2.24, 2.45) is 5.92 Å². The van der Waals surface area contributed by atoms with Crippen molar-refractivity contribution < 1.29 is 9.53 Å². The first-order valence-corrected chi connectivity index (χ1v) is 8.30. The summed E-state index contributed by atoms with van der Waals surface area (Å²) in [6, 6.07) is 7.53. The Bertz CT molecular complexity index is 645. The van der Waals surface area contributed by atoms with Crippen molar-refractivity contribution in [3.63, 3.8) is 0 Å². The normalized spacial score (nSPS) is 13.5. The predicted octanol–water partition coefficient (Wildman–Crippen LogP) is 4.24. The Morgan fingerprint density at radius 2 is 2.00 bits per heavy atom. The highest BCUT2D eigenvalue weighted by Gasteiger charge is 2.23. The molecule has 0 saturated heterocycles. The van der Waals surface area contributed by atoms with Crippen molar-refractivity contribution >= 4 is 17.1 Å². The maximum absolute atomic E-state index is 12.0. The molecule has 2 atom stereocenters. The second kappa shape index (κ2) is 8.46. The molecular weight excluding hydrogens is 290 g/mol. The summed E-state index contributed by atoms with van der Waals surface area (Å²) in [5.74, 6) is 0.240. The van der Waals surface area contributed by atoms with Crippen LogP contribution in [0.15, 0.2) is 30.5 Å². The van der Waals surface area contributed by atoms with Gasteiger partial charge in [-0.2, -0.15) is 0 Å². The molecule has 23 heavy (non-hydrogen) atoms. The minimum absolute atomic E-state index is 0.203. The van der Waals surface area contributed by atoms with E-state index in [1.54, 1.807) is 6.20 Å². The maximum atomic E-state index is 12.0. The molecule has 2 rings (SSSR count). The summed E-state index contributed by atoms with van der Waals surface area (Å²) in [5, 5.41) is 2.94. The van der Waals surface area contributed by atoms with Gasteiger partial charge >= 0.3 is 6.09 Å². The number of alkyl carbamates (subject to hydrolysis) is 1. The molecule has 0 bridgehead atoms. The van der Waals surface area contributed by atoms with Crippen LogP contribution in [0.5, 0.6) is 0 Å². The van der Waals surface area contributed by atoms with Crippen LogP contribution in [-0.4, -0.2) is 22.7 Å². The van der Waals surface area contributed by atoms with E-state index < -0.39 is 6.09 Å². The first kappa shape index (κ1) is 17.2. The third-order valence-electron chi connectivity index (χ3n) is 4.00. The Labute approximate surface area is 137 Å². The minimum atomic E-state index is -0.390. The fraction of sp³-hybridized carbons (Fsp3) is 0.500. The lowest BCUT2D eigenvalue weighted by atomic mass is 9.96. The summed E-state index contributed by atoms with van der Waals surface area (Å²) >= 11 is 0. The smallest absolute Gasteiger partial charge is 0.407 e. The van der Waals surface area contributed by atoms with Gasteiger partial charge in [-0.3, -0.25) is 4.98 Å². The van der Waals surface area contributed by atoms with Gasteiger partial charge in [0.15, 0.2) is 0 Å². The molecule has 1 heterocycles. The number of fused-ring (bicyclic) bond motifs is 1. The highest BCUT2D eigenvalue weighted by atomic mass is 16.5. The van der Waals surface area contributed by atoms with Gasteiger partial charge in [-0.25, -0.2) is 9.78 Å². The average Bonchev–Trinajstić information content (AvgIpc) is 2.59. The molecule has 0 saturated carbocycles. The lowest BCUT2D eigenvalue weighted by Gasteiger charge is -2.23. The van der Waals surface area contributed by atoms with E-state index in [-0.39, 0.29) is 12.0 Å². The zero-order valence-electron chi connectivity index (χ0n) is 14.1. The number of nitrogens with zero attached hydrogens (tertiary/aromatic N) is 2. The number of rotatable bonds is 7. The number of benzene rings is 1. The first-order chi connectivity index (χ1) is 11.2. The van der Waals surface area contributed by atoms with Gasteiger partial charge in [-0.05, 0) is 24.5 Å². The quantitative estimate of drug-likeness (QED) is 0.776. The second-order valence-electron chi connectivity index (χ2n) is 5.78. The number of hydrogen-bond donors (Lipinski definition) is 1. The summed E-state index contributed by atoms with van der Waals surface area (Å²) in [6.45, 7) is 6.69. The van der Waals surface area contributed by atoms with Gasteiger partial charge in [0, 0.05) is 0 Å². The molecule has 1 amide bonds. The topological polar surface area (TPSA) is 64.1 Å². The van der Waals surface area contributed by atoms with Crippen LogP contribution in [0.2, 0.25) is 0 Å². The summed E-state index contributed by atoms with van der Waals surface area (Å²) in [5.41, 5.74) is 2.45. The summed E-state index contributed by atoms with van der Waals surface area (Å²) < 4.78 is 5.22. The Kier molecular flexibility index (Phi) is 6.32. The molecule has 0 aliphatic heterocycles. The molecule has 1 aromatic carbocycles. The van der Waals surface area contributed by atoms with E-state index in [0.29, 0.717) is 6.61 Å². The molecule has 0 spiro atoms. The molecule has 5 nitrogen and oxygen atoms in total. The number of carbonyl (C=O) groups excluding carboxylic acids is 1. The Morgan fingerprint density at radius 1 is 1.26 bits per heavy atom. The first-order valence-electron chi connectivity index (χ1n) is 8.30. The van der Waals surface area contributed by atoms with E-state index in [0.717, 1.165) is 36.0 Å². The SMILES string of the molecule is CCCCOC(=O)N[C@H](c1cnc2ccccc2n1)[C@@H](C)CC. The number of nitrogens with one attached hydrogen (secondary N) is 1. The van der Waals surface area contributed by atoms with Crippen molar-refractivity contribution in [3.8, 4) is 0 Å². The van der Waals surface area contributed by atoms with E-state index in [1.807, 2.05) is 24.3 Å². The number of aromatic nitrogens is 2. The highest BCUT2D eigenvalue weighted by molar-refractivity contribution is 5.74. The Balaban J connectivity index is 2.17. The molecule has 0 unspecified atom stereocenters. The van der Waals surface area contributed by atoms with Gasteiger partial charge in [-0.15, -0.1) is 0 Å². The summed E-state index contributed by atoms with van der Waals surface area (Å²) in [7, 11) is 0. The molecule has 1 aromatic heterocycles. The van der Waals surface area contributed by atoms with Crippen molar-refractivity contribution in [3.05, 3.63) is 36.2 Å². The fourth-order valence-corrected chi connectivity index (χ4v) is 2.34. The van der Waals surface area contributed by atoms with E-state index in [9.17, 15) is 4.79 Å². The average molecular weight is 315 g/mol. The van der Waals surface area contributed by atoms with Crippen LogP contribution in [0.25, 0.3) is 11.0 Å². The third-order valence-corrected chi connectivity index (χ3v) is 4.00. The summed E-state index contributed by atoms with van der Waals surface area (Å²) in [4.78, 5) is 21.1. The van der Waals surface area contributed by atoms with Crippen molar-refractivity contribution in [1.29, 1.82) is 0 Å². The number of ether oxygens (including phenoxy) is 1. The van der Waals surface area contributed by atoms with Crippen LogP contribution in [-0.2, 0) is 4.74 Å². The highest BCUT2D eigenvalue weighted by Crippen LogP contribution is 2.24. The zero-order chi connectivity index (χ0) is 16.7. The minimum Gasteiger partial charge on any atom is -0.450 e. The maximum Gasteiger partial charge on any atom is 0.407 e. The molecule has 124 valence electrons. The van der Waals surface area contributed by atoms with E-state index in [1.165, 1.54) is 0 Å². The van der Waals surface area contributed by atoms with Gasteiger partial charge in [0.2, 0.25) is 0 Å². The van der Waals surface area contributed by atoms with Crippen LogP contribution >= 0.6 is 0 Å². The number of para-hydroxylation sites is 2. The van der Waals surface area contributed by atoms with Crippen LogP contribution in [0.3, 0.4) is 0 Å². The molecular formula is C18H25N3O2. The van der Waals surface area contributed by atoms with E-state index >= 15 is 0 Å². The van der Waals surface area contributed by atoms with Gasteiger partial charge in [0.1, 0.15) is 0 Å². The molecule has 1 N–H and O–H groups in total. The number of unbranched alkanes of at least 4 members (excludes halogenated alkanes) is 1. The Hall–Kier alpha value is -2.17. The van der Waals surface area contributed by atoms with Crippen LogP contribution in [0, 0.1) is 5.92 Å². The Morgan fingerprint density at radius 3 is 2.70 bits per heavy atom.